The fraction of sp³-hybridized carbons (Fsp3) is 0.176. The zero-order chi connectivity index (χ0) is 17.8. The molecule has 0 N–H and O–H groups in total. The molecule has 0 saturated carbocycles. The smallest absolute Gasteiger partial charge is 0.191 e. The highest BCUT2D eigenvalue weighted by Gasteiger charge is 2.19. The zero-order valence-electron chi connectivity index (χ0n) is 13.1. The number of hydrogen-bond donors (Lipinski definition) is 0. The standard InChI is InChI=1S/C17H13ClF2N2O2S/c1-23-11-4-2-10(3-5-11)9-24-16-13(19)7-6-12(15(16)20)17-22-21-14(8-18)25-17/h2-7H,8-9H2,1H3. The van der Waals surface area contributed by atoms with Crippen molar-refractivity contribution in [2.45, 2.75) is 12.5 Å². The lowest BCUT2D eigenvalue weighted by Gasteiger charge is -2.10. The van der Waals surface area contributed by atoms with E-state index >= 15 is 0 Å². The quantitative estimate of drug-likeness (QED) is 0.574. The Bertz CT molecular complexity index is 872. The van der Waals surface area contributed by atoms with Crippen molar-refractivity contribution in [3.8, 4) is 22.1 Å². The van der Waals surface area contributed by atoms with Crippen LogP contribution < -0.4 is 9.47 Å². The Morgan fingerprint density at radius 2 is 1.84 bits per heavy atom. The first-order valence-electron chi connectivity index (χ1n) is 7.25. The Kier molecular flexibility index (Phi) is 5.45. The third-order valence-corrected chi connectivity index (χ3v) is 4.77. The first-order valence-corrected chi connectivity index (χ1v) is 8.60. The molecule has 4 nitrogen and oxygen atoms in total. The average Bonchev–Trinajstić information content (AvgIpc) is 3.11. The van der Waals surface area contributed by atoms with Crippen molar-refractivity contribution in [3.63, 3.8) is 0 Å². The largest absolute Gasteiger partial charge is 0.497 e. The van der Waals surface area contributed by atoms with E-state index in [-0.39, 0.29) is 18.1 Å². The van der Waals surface area contributed by atoms with Crippen molar-refractivity contribution in [1.29, 1.82) is 0 Å². The van der Waals surface area contributed by atoms with Gasteiger partial charge in [-0.25, -0.2) is 8.78 Å². The Balaban J connectivity index is 1.83. The third-order valence-electron chi connectivity index (χ3n) is 3.40. The molecule has 0 saturated heterocycles. The number of halogens is 3. The molecule has 3 rings (SSSR count). The van der Waals surface area contributed by atoms with E-state index in [4.69, 9.17) is 21.1 Å². The van der Waals surface area contributed by atoms with Crippen molar-refractivity contribution in [3.05, 3.63) is 58.6 Å². The molecule has 0 atom stereocenters. The van der Waals surface area contributed by atoms with Crippen molar-refractivity contribution in [2.75, 3.05) is 7.11 Å². The summed E-state index contributed by atoms with van der Waals surface area (Å²) in [7, 11) is 1.56. The minimum absolute atomic E-state index is 0.0182. The van der Waals surface area contributed by atoms with Crippen LogP contribution in [0.2, 0.25) is 0 Å². The minimum Gasteiger partial charge on any atom is -0.497 e. The molecular weight excluding hydrogens is 370 g/mol. The van der Waals surface area contributed by atoms with Crippen molar-refractivity contribution in [1.82, 2.24) is 10.2 Å². The van der Waals surface area contributed by atoms with Crippen molar-refractivity contribution in [2.24, 2.45) is 0 Å². The summed E-state index contributed by atoms with van der Waals surface area (Å²) < 4.78 is 39.1. The van der Waals surface area contributed by atoms with E-state index in [0.717, 1.165) is 23.0 Å². The van der Waals surface area contributed by atoms with Gasteiger partial charge in [-0.05, 0) is 29.8 Å². The first-order chi connectivity index (χ1) is 12.1. The van der Waals surface area contributed by atoms with Gasteiger partial charge in [0.25, 0.3) is 0 Å². The third kappa shape index (κ3) is 3.88. The van der Waals surface area contributed by atoms with E-state index in [2.05, 4.69) is 10.2 Å². The Morgan fingerprint density at radius 1 is 1.08 bits per heavy atom. The van der Waals surface area contributed by atoms with Gasteiger partial charge in [0, 0.05) is 0 Å². The van der Waals surface area contributed by atoms with Gasteiger partial charge in [0.05, 0.1) is 18.6 Å². The van der Waals surface area contributed by atoms with Gasteiger partial charge in [-0.3, -0.25) is 0 Å². The number of methoxy groups -OCH3 is 1. The summed E-state index contributed by atoms with van der Waals surface area (Å²) in [5, 5.41) is 8.59. The second-order valence-corrected chi connectivity index (χ2v) is 6.34. The number of rotatable bonds is 6. The second kappa shape index (κ2) is 7.76. The molecular formula is C17H13ClF2N2O2S. The molecule has 2 aromatic carbocycles. The van der Waals surface area contributed by atoms with Crippen LogP contribution in [0.5, 0.6) is 11.5 Å². The first kappa shape index (κ1) is 17.6. The number of nitrogens with zero attached hydrogens (tertiary/aromatic N) is 2. The van der Waals surface area contributed by atoms with E-state index in [0.29, 0.717) is 15.8 Å². The van der Waals surface area contributed by atoms with Gasteiger partial charge in [0.15, 0.2) is 22.4 Å². The SMILES string of the molecule is COc1ccc(COc2c(F)ccc(-c3nnc(CCl)s3)c2F)cc1. The van der Waals surface area contributed by atoms with Gasteiger partial charge >= 0.3 is 0 Å². The molecule has 3 aromatic rings. The van der Waals surface area contributed by atoms with E-state index < -0.39 is 17.4 Å². The lowest BCUT2D eigenvalue weighted by atomic mass is 10.2. The summed E-state index contributed by atoms with van der Waals surface area (Å²) in [6.07, 6.45) is 0. The van der Waals surface area contributed by atoms with Crippen LogP contribution in [0, 0.1) is 11.6 Å². The highest BCUT2D eigenvalue weighted by molar-refractivity contribution is 7.14. The zero-order valence-corrected chi connectivity index (χ0v) is 14.7. The van der Waals surface area contributed by atoms with Crippen LogP contribution in [0.1, 0.15) is 10.6 Å². The lowest BCUT2D eigenvalue weighted by molar-refractivity contribution is 0.274. The molecule has 0 amide bonds. The van der Waals surface area contributed by atoms with Gasteiger partial charge in [0.1, 0.15) is 17.4 Å². The summed E-state index contributed by atoms with van der Waals surface area (Å²) >= 11 is 6.83. The molecule has 1 heterocycles. The highest BCUT2D eigenvalue weighted by Crippen LogP contribution is 2.33. The molecule has 0 spiro atoms. The van der Waals surface area contributed by atoms with Gasteiger partial charge in [-0.1, -0.05) is 23.5 Å². The summed E-state index contributed by atoms with van der Waals surface area (Å²) in [4.78, 5) is 0. The van der Waals surface area contributed by atoms with Crippen LogP contribution in [0.25, 0.3) is 10.6 Å². The molecule has 0 aliphatic carbocycles. The van der Waals surface area contributed by atoms with Gasteiger partial charge in [-0.2, -0.15) is 0 Å². The maximum atomic E-state index is 14.7. The second-order valence-electron chi connectivity index (χ2n) is 5.01. The molecule has 1 aromatic heterocycles. The topological polar surface area (TPSA) is 44.2 Å². The van der Waals surface area contributed by atoms with E-state index in [1.165, 1.54) is 6.07 Å². The fourth-order valence-corrected chi connectivity index (χ4v) is 3.05. The predicted octanol–water partition coefficient (Wildman–Crippen LogP) is 4.81. The van der Waals surface area contributed by atoms with Crippen LogP contribution in [0.4, 0.5) is 8.78 Å². The van der Waals surface area contributed by atoms with E-state index in [1.54, 1.807) is 31.4 Å². The number of aromatic nitrogens is 2. The molecule has 0 aliphatic rings. The normalized spacial score (nSPS) is 10.7. The lowest BCUT2D eigenvalue weighted by Crippen LogP contribution is -2.01. The van der Waals surface area contributed by atoms with Gasteiger partial charge in [-0.15, -0.1) is 21.8 Å². The molecule has 0 aliphatic heterocycles. The summed E-state index contributed by atoms with van der Waals surface area (Å²) in [5.74, 6) is -1.17. The van der Waals surface area contributed by atoms with Crippen LogP contribution in [0.15, 0.2) is 36.4 Å². The van der Waals surface area contributed by atoms with E-state index in [1.807, 2.05) is 0 Å². The van der Waals surface area contributed by atoms with Crippen LogP contribution in [-0.4, -0.2) is 17.3 Å². The molecule has 0 fully saturated rings. The summed E-state index contributed by atoms with van der Waals surface area (Å²) in [6, 6.07) is 9.46. The predicted molar refractivity (Wildman–Crippen MR) is 92.1 cm³/mol. The van der Waals surface area contributed by atoms with Crippen molar-refractivity contribution < 1.29 is 18.3 Å². The minimum atomic E-state index is -0.814. The molecule has 130 valence electrons. The maximum Gasteiger partial charge on any atom is 0.191 e. The maximum absolute atomic E-state index is 14.7. The molecule has 0 radical (unpaired) electrons. The molecule has 25 heavy (non-hydrogen) atoms. The number of hydrogen-bond acceptors (Lipinski definition) is 5. The fourth-order valence-electron chi connectivity index (χ4n) is 2.12. The Hall–Kier alpha value is -2.25. The number of benzene rings is 2. The highest BCUT2D eigenvalue weighted by atomic mass is 35.5. The van der Waals surface area contributed by atoms with E-state index in [9.17, 15) is 8.78 Å². The number of ether oxygens (including phenoxy) is 2. The molecule has 0 unspecified atom stereocenters. The van der Waals surface area contributed by atoms with Crippen LogP contribution in [0.3, 0.4) is 0 Å². The Labute approximate surface area is 152 Å². The summed E-state index contributed by atoms with van der Waals surface area (Å²) in [6.45, 7) is 0.0182. The number of alkyl halides is 1. The average molecular weight is 383 g/mol. The Morgan fingerprint density at radius 3 is 2.48 bits per heavy atom. The van der Waals surface area contributed by atoms with Gasteiger partial charge < -0.3 is 9.47 Å². The van der Waals surface area contributed by atoms with Crippen molar-refractivity contribution >= 4 is 22.9 Å². The van der Waals surface area contributed by atoms with Gasteiger partial charge in [0.2, 0.25) is 0 Å². The molecule has 8 heteroatoms. The monoisotopic (exact) mass is 382 g/mol. The molecule has 0 bridgehead atoms. The van der Waals surface area contributed by atoms with Crippen LogP contribution in [-0.2, 0) is 12.5 Å². The van der Waals surface area contributed by atoms with Crippen LogP contribution >= 0.6 is 22.9 Å². The summed E-state index contributed by atoms with van der Waals surface area (Å²) in [5.41, 5.74) is 0.880.